The molecule has 2 bridgehead atoms. The van der Waals surface area contributed by atoms with Crippen LogP contribution in [0, 0.1) is 5.92 Å². The fraction of sp³-hybridized carbons (Fsp3) is 0.353. The molecule has 24 heavy (non-hydrogen) atoms. The van der Waals surface area contributed by atoms with Crippen LogP contribution in [-0.4, -0.2) is 32.7 Å². The lowest BCUT2D eigenvalue weighted by atomic mass is 9.49. The smallest absolute Gasteiger partial charge is 0.197 e. The molecule has 0 aromatic carbocycles. The summed E-state index contributed by atoms with van der Waals surface area (Å²) < 4.78 is 0.789. The summed E-state index contributed by atoms with van der Waals surface area (Å²) in [7, 11) is 0. The largest absolute Gasteiger partial charge is 0.346 e. The van der Waals surface area contributed by atoms with Crippen LogP contribution in [0.4, 0.5) is 0 Å². The number of halogens is 2. The molecule has 122 valence electrons. The Morgan fingerprint density at radius 3 is 2.83 bits per heavy atom. The number of hydrogen-bond donors (Lipinski definition) is 1. The lowest BCUT2D eigenvalue weighted by molar-refractivity contribution is -0.129. The molecule has 1 aromatic heterocycles. The predicted molar refractivity (Wildman–Crippen MR) is 94.6 cm³/mol. The number of carbonyl (C=O) groups excluding carboxylic acids is 1. The van der Waals surface area contributed by atoms with Crippen LogP contribution in [0.1, 0.15) is 29.6 Å². The number of ketones is 1. The lowest BCUT2D eigenvalue weighted by Crippen LogP contribution is -2.68. The van der Waals surface area contributed by atoms with Crippen molar-refractivity contribution >= 4 is 38.6 Å². The van der Waals surface area contributed by atoms with Gasteiger partial charge in [0, 0.05) is 51.5 Å². The zero-order valence-electron chi connectivity index (χ0n) is 12.7. The van der Waals surface area contributed by atoms with Gasteiger partial charge < -0.3 is 10.2 Å². The van der Waals surface area contributed by atoms with Crippen molar-refractivity contribution in [2.24, 2.45) is 10.9 Å². The summed E-state index contributed by atoms with van der Waals surface area (Å²) in [6.45, 7) is 0. The minimum atomic E-state index is -0.195. The highest BCUT2D eigenvalue weighted by atomic mass is 79.9. The van der Waals surface area contributed by atoms with Gasteiger partial charge in [-0.25, -0.2) is 4.99 Å². The van der Waals surface area contributed by atoms with Crippen molar-refractivity contribution in [2.45, 2.75) is 31.0 Å². The molecule has 0 amide bonds. The Bertz CT molecular complexity index is 845. The van der Waals surface area contributed by atoms with E-state index in [9.17, 15) is 4.79 Å². The van der Waals surface area contributed by atoms with E-state index in [1.165, 1.54) is 19.3 Å². The van der Waals surface area contributed by atoms with Crippen molar-refractivity contribution in [1.29, 1.82) is 0 Å². The molecular weight excluding hydrogens is 392 g/mol. The van der Waals surface area contributed by atoms with Gasteiger partial charge in [-0.05, 0) is 58.8 Å². The maximum absolute atomic E-state index is 13.0. The monoisotopic (exact) mass is 404 g/mol. The maximum Gasteiger partial charge on any atom is 0.197 e. The SMILES string of the molecule is O=C(C1=CN(C23CC(C2)C3)C2N=C(Cl)NC=C12)c1cncc(Br)c1. The van der Waals surface area contributed by atoms with E-state index in [1.807, 2.05) is 6.20 Å². The number of pyridine rings is 1. The number of Topliss-reactive ketones (excluding diaryl/α,β-unsaturated/α-hetero) is 1. The Morgan fingerprint density at radius 1 is 1.38 bits per heavy atom. The van der Waals surface area contributed by atoms with Gasteiger partial charge in [-0.15, -0.1) is 0 Å². The number of carbonyl (C=O) groups is 1. The lowest BCUT2D eigenvalue weighted by Gasteiger charge is -2.66. The van der Waals surface area contributed by atoms with E-state index in [4.69, 9.17) is 11.6 Å². The van der Waals surface area contributed by atoms with Gasteiger partial charge in [0.05, 0.1) is 0 Å². The first-order valence-corrected chi connectivity index (χ1v) is 9.09. The van der Waals surface area contributed by atoms with Gasteiger partial charge in [0.1, 0.15) is 0 Å². The van der Waals surface area contributed by atoms with Crippen LogP contribution in [-0.2, 0) is 0 Å². The summed E-state index contributed by atoms with van der Waals surface area (Å²) in [6.07, 6.45) is 10.4. The highest BCUT2D eigenvalue weighted by Gasteiger charge is 2.62. The van der Waals surface area contributed by atoms with E-state index in [2.05, 4.69) is 36.1 Å². The Kier molecular flexibility index (Phi) is 3.01. The Morgan fingerprint density at radius 2 is 2.17 bits per heavy atom. The van der Waals surface area contributed by atoms with Crippen LogP contribution >= 0.6 is 27.5 Å². The summed E-state index contributed by atoms with van der Waals surface area (Å²) >= 11 is 9.46. The van der Waals surface area contributed by atoms with Crippen LogP contribution < -0.4 is 5.32 Å². The van der Waals surface area contributed by atoms with Crippen LogP contribution in [0.2, 0.25) is 0 Å². The molecule has 0 saturated heterocycles. The number of amidine groups is 1. The fourth-order valence-electron chi connectivity index (χ4n) is 4.17. The molecule has 3 saturated carbocycles. The van der Waals surface area contributed by atoms with Gasteiger partial charge in [0.2, 0.25) is 0 Å². The van der Waals surface area contributed by atoms with E-state index in [0.717, 1.165) is 16.0 Å². The number of hydrogen-bond acceptors (Lipinski definition) is 5. The van der Waals surface area contributed by atoms with Crippen LogP contribution in [0.5, 0.6) is 0 Å². The van der Waals surface area contributed by atoms with E-state index in [1.54, 1.807) is 24.7 Å². The highest BCUT2D eigenvalue weighted by molar-refractivity contribution is 9.10. The van der Waals surface area contributed by atoms with E-state index >= 15 is 0 Å². The number of rotatable bonds is 3. The third kappa shape index (κ3) is 1.96. The minimum Gasteiger partial charge on any atom is -0.346 e. The summed E-state index contributed by atoms with van der Waals surface area (Å²) in [5.74, 6) is 0.810. The molecule has 0 radical (unpaired) electrons. The molecule has 2 aliphatic heterocycles. The molecule has 5 nitrogen and oxygen atoms in total. The van der Waals surface area contributed by atoms with Crippen molar-refractivity contribution in [3.8, 4) is 0 Å². The van der Waals surface area contributed by atoms with Gasteiger partial charge in [-0.2, -0.15) is 0 Å². The van der Waals surface area contributed by atoms with Gasteiger partial charge in [0.15, 0.2) is 17.2 Å². The normalized spacial score (nSPS) is 32.6. The molecule has 1 N–H and O–H groups in total. The van der Waals surface area contributed by atoms with Crippen molar-refractivity contribution in [2.75, 3.05) is 0 Å². The molecule has 1 aromatic rings. The van der Waals surface area contributed by atoms with Crippen molar-refractivity contribution < 1.29 is 4.79 Å². The summed E-state index contributed by atoms with van der Waals surface area (Å²) in [4.78, 5) is 23.9. The van der Waals surface area contributed by atoms with E-state index in [0.29, 0.717) is 16.4 Å². The van der Waals surface area contributed by atoms with Gasteiger partial charge in [-0.3, -0.25) is 9.78 Å². The van der Waals surface area contributed by atoms with E-state index in [-0.39, 0.29) is 17.5 Å². The molecule has 1 atom stereocenters. The number of nitrogens with one attached hydrogen (secondary N) is 1. The number of aliphatic imine (C=N–C) groups is 1. The first-order chi connectivity index (χ1) is 11.6. The molecule has 0 spiro atoms. The minimum absolute atomic E-state index is 0.0378. The van der Waals surface area contributed by atoms with Gasteiger partial charge in [-0.1, -0.05) is 0 Å². The predicted octanol–water partition coefficient (Wildman–Crippen LogP) is 3.19. The molecule has 3 aliphatic carbocycles. The zero-order valence-corrected chi connectivity index (χ0v) is 15.0. The summed E-state index contributed by atoms with van der Waals surface area (Å²) in [6, 6.07) is 1.79. The number of aromatic nitrogens is 1. The first kappa shape index (κ1) is 14.7. The quantitative estimate of drug-likeness (QED) is 0.620. The molecule has 6 rings (SSSR count). The number of fused-ring (bicyclic) bond motifs is 1. The van der Waals surface area contributed by atoms with Crippen LogP contribution in [0.25, 0.3) is 0 Å². The Hall–Kier alpha value is -1.66. The molecule has 3 fully saturated rings. The van der Waals surface area contributed by atoms with E-state index < -0.39 is 0 Å². The third-order valence-corrected chi connectivity index (χ3v) is 6.11. The molecule has 5 aliphatic rings. The van der Waals surface area contributed by atoms with Crippen molar-refractivity contribution in [3.05, 3.63) is 52.0 Å². The van der Waals surface area contributed by atoms with Gasteiger partial charge in [0.25, 0.3) is 0 Å². The fourth-order valence-corrected chi connectivity index (χ4v) is 4.68. The standard InChI is InChI=1S/C17H14BrClN4O/c18-11-1-10(5-20-6-11)14(24)13-8-23(17-2-9(3-17)4-17)15-12(13)7-21-16(19)22-15/h1,5-9,15H,2-4H2,(H,21,22). The summed E-state index contributed by atoms with van der Waals surface area (Å²) in [5, 5.41) is 3.30. The topological polar surface area (TPSA) is 57.6 Å². The van der Waals surface area contributed by atoms with Crippen LogP contribution in [0.3, 0.4) is 0 Å². The second-order valence-corrected chi connectivity index (χ2v) is 8.19. The third-order valence-electron chi connectivity index (χ3n) is 5.47. The Labute approximate surface area is 152 Å². The molecule has 1 unspecified atom stereocenters. The Balaban J connectivity index is 1.55. The highest BCUT2D eigenvalue weighted by Crippen LogP contribution is 2.62. The maximum atomic E-state index is 13.0. The number of nitrogens with zero attached hydrogens (tertiary/aromatic N) is 3. The first-order valence-electron chi connectivity index (χ1n) is 7.92. The summed E-state index contributed by atoms with van der Waals surface area (Å²) in [5.41, 5.74) is 2.29. The second kappa shape index (κ2) is 4.92. The molecule has 3 heterocycles. The molecule has 7 heteroatoms. The van der Waals surface area contributed by atoms with Crippen molar-refractivity contribution in [3.63, 3.8) is 0 Å². The van der Waals surface area contributed by atoms with Crippen molar-refractivity contribution in [1.82, 2.24) is 15.2 Å². The zero-order chi connectivity index (χ0) is 16.5. The second-order valence-electron chi connectivity index (χ2n) is 6.91. The van der Waals surface area contributed by atoms with Gasteiger partial charge >= 0.3 is 0 Å². The molecular formula is C17H14BrClN4O. The average molecular weight is 406 g/mol. The van der Waals surface area contributed by atoms with Crippen LogP contribution in [0.15, 0.2) is 51.5 Å². The average Bonchev–Trinajstić information content (AvgIpc) is 2.82.